The highest BCUT2D eigenvalue weighted by atomic mass is 127. The van der Waals surface area contributed by atoms with Crippen LogP contribution in [0.3, 0.4) is 0 Å². The molecule has 126 valence electrons. The second kappa shape index (κ2) is 9.47. The molecule has 0 saturated heterocycles. The Balaban J connectivity index is 2.03. The molecule has 2 aromatic rings. The van der Waals surface area contributed by atoms with Crippen LogP contribution < -0.4 is 10.1 Å². The first kappa shape index (κ1) is 18.5. The van der Waals surface area contributed by atoms with Crippen molar-refractivity contribution in [3.8, 4) is 5.75 Å². The molecule has 1 N–H and O–H groups in total. The molecule has 0 aliphatic heterocycles. The number of benzene rings is 2. The summed E-state index contributed by atoms with van der Waals surface area (Å²) in [6.45, 7) is 4.81. The van der Waals surface area contributed by atoms with Crippen molar-refractivity contribution in [2.45, 2.75) is 26.7 Å². The van der Waals surface area contributed by atoms with Crippen LogP contribution >= 0.6 is 22.6 Å². The molecule has 0 atom stereocenters. The second-order valence-electron chi connectivity index (χ2n) is 5.52. The SMILES string of the molecule is CCCCOc1ccccc1/C=C/C(=O)Nc1ccc(I)cc1C. The molecule has 2 rings (SSSR count). The van der Waals surface area contributed by atoms with Crippen LogP contribution in [0.25, 0.3) is 6.08 Å². The monoisotopic (exact) mass is 435 g/mol. The first-order chi connectivity index (χ1) is 11.6. The molecular weight excluding hydrogens is 413 g/mol. The highest BCUT2D eigenvalue weighted by Gasteiger charge is 2.04. The van der Waals surface area contributed by atoms with E-state index in [2.05, 4.69) is 34.8 Å². The smallest absolute Gasteiger partial charge is 0.248 e. The number of hydrogen-bond donors (Lipinski definition) is 1. The molecule has 0 radical (unpaired) electrons. The van der Waals surface area contributed by atoms with Crippen molar-refractivity contribution in [2.75, 3.05) is 11.9 Å². The van der Waals surface area contributed by atoms with E-state index >= 15 is 0 Å². The number of halogens is 1. The molecule has 1 amide bonds. The van der Waals surface area contributed by atoms with Crippen LogP contribution in [-0.2, 0) is 4.79 Å². The number of carbonyl (C=O) groups is 1. The molecule has 0 unspecified atom stereocenters. The van der Waals surface area contributed by atoms with E-state index in [0.29, 0.717) is 6.61 Å². The lowest BCUT2D eigenvalue weighted by Crippen LogP contribution is -2.09. The predicted octanol–water partition coefficient (Wildman–Crippen LogP) is 5.43. The third-order valence-corrected chi connectivity index (χ3v) is 4.21. The van der Waals surface area contributed by atoms with Crippen LogP contribution in [0.4, 0.5) is 5.69 Å². The van der Waals surface area contributed by atoms with Crippen molar-refractivity contribution in [2.24, 2.45) is 0 Å². The fourth-order valence-corrected chi connectivity index (χ4v) is 2.83. The van der Waals surface area contributed by atoms with Gasteiger partial charge in [0.1, 0.15) is 5.75 Å². The number of hydrogen-bond acceptors (Lipinski definition) is 2. The van der Waals surface area contributed by atoms with Crippen molar-refractivity contribution in [3.63, 3.8) is 0 Å². The number of unbranched alkanes of at least 4 members (excludes halogenated alkanes) is 1. The van der Waals surface area contributed by atoms with Gasteiger partial charge in [-0.25, -0.2) is 0 Å². The fourth-order valence-electron chi connectivity index (χ4n) is 2.18. The third-order valence-electron chi connectivity index (χ3n) is 3.54. The normalized spacial score (nSPS) is 10.8. The van der Waals surface area contributed by atoms with E-state index in [1.54, 1.807) is 12.2 Å². The Morgan fingerprint density at radius 2 is 2.04 bits per heavy atom. The number of para-hydroxylation sites is 1. The highest BCUT2D eigenvalue weighted by molar-refractivity contribution is 14.1. The van der Waals surface area contributed by atoms with Gasteiger partial charge in [0.2, 0.25) is 5.91 Å². The Hall–Kier alpha value is -1.82. The third kappa shape index (κ3) is 5.67. The molecule has 0 spiro atoms. The van der Waals surface area contributed by atoms with E-state index in [0.717, 1.165) is 39.0 Å². The number of carbonyl (C=O) groups excluding carboxylic acids is 1. The largest absolute Gasteiger partial charge is 0.493 e. The van der Waals surface area contributed by atoms with E-state index in [1.807, 2.05) is 49.4 Å². The molecule has 0 saturated carbocycles. The maximum Gasteiger partial charge on any atom is 0.248 e. The zero-order valence-electron chi connectivity index (χ0n) is 14.0. The van der Waals surface area contributed by atoms with Gasteiger partial charge < -0.3 is 10.1 Å². The van der Waals surface area contributed by atoms with E-state index in [-0.39, 0.29) is 5.91 Å². The minimum absolute atomic E-state index is 0.150. The first-order valence-corrected chi connectivity index (χ1v) is 9.15. The number of ether oxygens (including phenoxy) is 1. The maximum absolute atomic E-state index is 12.2. The van der Waals surface area contributed by atoms with Gasteiger partial charge in [-0.3, -0.25) is 4.79 Å². The van der Waals surface area contributed by atoms with Crippen LogP contribution in [0.5, 0.6) is 5.75 Å². The van der Waals surface area contributed by atoms with Crippen LogP contribution in [0.2, 0.25) is 0 Å². The van der Waals surface area contributed by atoms with Crippen LogP contribution in [0, 0.1) is 10.5 Å². The van der Waals surface area contributed by atoms with Gasteiger partial charge in [-0.2, -0.15) is 0 Å². The standard InChI is InChI=1S/C20H22INO2/c1-3-4-13-24-19-8-6-5-7-16(19)9-12-20(23)22-18-11-10-17(21)14-15(18)2/h5-12,14H,3-4,13H2,1-2H3,(H,22,23)/b12-9+. The van der Waals surface area contributed by atoms with E-state index in [4.69, 9.17) is 4.74 Å². The van der Waals surface area contributed by atoms with E-state index < -0.39 is 0 Å². The molecule has 3 nitrogen and oxygen atoms in total. The van der Waals surface area contributed by atoms with Gasteiger partial charge >= 0.3 is 0 Å². The quantitative estimate of drug-likeness (QED) is 0.358. The lowest BCUT2D eigenvalue weighted by molar-refractivity contribution is -0.111. The minimum Gasteiger partial charge on any atom is -0.493 e. The summed E-state index contributed by atoms with van der Waals surface area (Å²) in [4.78, 5) is 12.2. The number of aryl methyl sites for hydroxylation is 1. The summed E-state index contributed by atoms with van der Waals surface area (Å²) < 4.78 is 6.93. The van der Waals surface area contributed by atoms with Crippen molar-refractivity contribution >= 4 is 40.3 Å². The summed E-state index contributed by atoms with van der Waals surface area (Å²) in [5, 5.41) is 2.91. The summed E-state index contributed by atoms with van der Waals surface area (Å²) in [5.74, 6) is 0.656. The van der Waals surface area contributed by atoms with Gasteiger partial charge in [0, 0.05) is 20.9 Å². The Labute approximate surface area is 157 Å². The summed E-state index contributed by atoms with van der Waals surface area (Å²) in [7, 11) is 0. The summed E-state index contributed by atoms with van der Waals surface area (Å²) in [6, 6.07) is 13.7. The Bertz CT molecular complexity index is 725. The van der Waals surface area contributed by atoms with E-state index in [9.17, 15) is 4.79 Å². The van der Waals surface area contributed by atoms with Crippen LogP contribution in [-0.4, -0.2) is 12.5 Å². The molecule has 0 bridgehead atoms. The molecule has 0 aliphatic carbocycles. The summed E-state index contributed by atoms with van der Waals surface area (Å²) >= 11 is 2.26. The van der Waals surface area contributed by atoms with E-state index in [1.165, 1.54) is 0 Å². The number of rotatable bonds is 7. The van der Waals surface area contributed by atoms with Crippen molar-refractivity contribution in [1.29, 1.82) is 0 Å². The molecule has 0 aliphatic rings. The molecule has 0 aromatic heterocycles. The zero-order valence-corrected chi connectivity index (χ0v) is 16.2. The van der Waals surface area contributed by atoms with Crippen LogP contribution in [0.15, 0.2) is 48.5 Å². The van der Waals surface area contributed by atoms with Gasteiger partial charge in [-0.15, -0.1) is 0 Å². The Morgan fingerprint density at radius 1 is 1.25 bits per heavy atom. The number of nitrogens with one attached hydrogen (secondary N) is 1. The highest BCUT2D eigenvalue weighted by Crippen LogP contribution is 2.21. The molecular formula is C20H22INO2. The summed E-state index contributed by atoms with van der Waals surface area (Å²) in [6.07, 6.45) is 5.44. The maximum atomic E-state index is 12.2. The molecule has 0 heterocycles. The molecule has 4 heteroatoms. The van der Waals surface area contributed by atoms with Gasteiger partial charge in [-0.1, -0.05) is 31.5 Å². The molecule has 24 heavy (non-hydrogen) atoms. The van der Waals surface area contributed by atoms with Crippen molar-refractivity contribution in [3.05, 3.63) is 63.2 Å². The number of anilines is 1. The fraction of sp³-hybridized carbons (Fsp3) is 0.250. The lowest BCUT2D eigenvalue weighted by atomic mass is 10.1. The van der Waals surface area contributed by atoms with Gasteiger partial charge in [0.05, 0.1) is 6.61 Å². The molecule has 0 fully saturated rings. The van der Waals surface area contributed by atoms with Gasteiger partial charge in [0.25, 0.3) is 0 Å². The van der Waals surface area contributed by atoms with Crippen molar-refractivity contribution in [1.82, 2.24) is 0 Å². The Kier molecular flexibility index (Phi) is 7.31. The topological polar surface area (TPSA) is 38.3 Å². The van der Waals surface area contributed by atoms with Crippen molar-refractivity contribution < 1.29 is 9.53 Å². The molecule has 2 aromatic carbocycles. The predicted molar refractivity (Wildman–Crippen MR) is 108 cm³/mol. The average molecular weight is 435 g/mol. The Morgan fingerprint density at radius 3 is 2.79 bits per heavy atom. The lowest BCUT2D eigenvalue weighted by Gasteiger charge is -2.09. The second-order valence-corrected chi connectivity index (χ2v) is 6.77. The number of amides is 1. The average Bonchev–Trinajstić information content (AvgIpc) is 2.57. The summed E-state index contributed by atoms with van der Waals surface area (Å²) in [5.41, 5.74) is 2.78. The minimum atomic E-state index is -0.150. The van der Waals surface area contributed by atoms with Gasteiger partial charge in [0.15, 0.2) is 0 Å². The first-order valence-electron chi connectivity index (χ1n) is 8.07. The van der Waals surface area contributed by atoms with Crippen LogP contribution in [0.1, 0.15) is 30.9 Å². The zero-order chi connectivity index (χ0) is 17.4. The van der Waals surface area contributed by atoms with Gasteiger partial charge in [-0.05, 0) is 71.8 Å².